The molecule has 0 spiro atoms. The number of carbonyl (C=O) groups is 2. The fourth-order valence-electron chi connectivity index (χ4n) is 2.04. The summed E-state index contributed by atoms with van der Waals surface area (Å²) >= 11 is 11.4. The van der Waals surface area contributed by atoms with Crippen LogP contribution in [0, 0.1) is 11.7 Å². The van der Waals surface area contributed by atoms with E-state index in [1.165, 1.54) is 17.0 Å². The SMILES string of the molecule is CC(C)C1NC(=O)CN(c2cc(Cl)c(F)c(Cl)c2)C1=O. The van der Waals surface area contributed by atoms with Crippen molar-refractivity contribution in [3.8, 4) is 0 Å². The van der Waals surface area contributed by atoms with Crippen LogP contribution in [0.1, 0.15) is 13.8 Å². The standard InChI is InChI=1S/C13H13Cl2FN2O2/c1-6(2)12-13(20)18(5-10(19)17-12)7-3-8(14)11(16)9(15)4-7/h3-4,6,12H,5H2,1-2H3,(H,17,19). The van der Waals surface area contributed by atoms with E-state index in [4.69, 9.17) is 23.2 Å². The first-order valence-electron chi connectivity index (χ1n) is 6.06. The molecule has 2 rings (SSSR count). The number of anilines is 1. The molecule has 1 heterocycles. The van der Waals surface area contributed by atoms with Gasteiger partial charge in [-0.25, -0.2) is 4.39 Å². The minimum absolute atomic E-state index is 0.0550. The van der Waals surface area contributed by atoms with Crippen LogP contribution < -0.4 is 10.2 Å². The number of nitrogens with one attached hydrogen (secondary N) is 1. The average molecular weight is 319 g/mol. The Hall–Kier alpha value is -1.33. The van der Waals surface area contributed by atoms with E-state index in [1.807, 2.05) is 13.8 Å². The van der Waals surface area contributed by atoms with Crippen LogP contribution in [0.5, 0.6) is 0 Å². The molecule has 1 aliphatic heterocycles. The predicted molar refractivity (Wildman–Crippen MR) is 75.5 cm³/mol. The molecule has 0 saturated carbocycles. The fourth-order valence-corrected chi connectivity index (χ4v) is 2.51. The number of rotatable bonds is 2. The van der Waals surface area contributed by atoms with Crippen molar-refractivity contribution in [2.45, 2.75) is 19.9 Å². The first-order chi connectivity index (χ1) is 9.31. The quantitative estimate of drug-likeness (QED) is 0.852. The largest absolute Gasteiger partial charge is 0.342 e. The first kappa shape index (κ1) is 15.1. The second kappa shape index (κ2) is 5.58. The number of piperazine rings is 1. The molecule has 1 atom stereocenters. The van der Waals surface area contributed by atoms with Crippen molar-refractivity contribution in [3.05, 3.63) is 28.0 Å². The van der Waals surface area contributed by atoms with Crippen LogP contribution in [0.25, 0.3) is 0 Å². The molecule has 108 valence electrons. The molecule has 7 heteroatoms. The Morgan fingerprint density at radius 3 is 2.35 bits per heavy atom. The monoisotopic (exact) mass is 318 g/mol. The normalized spacial score (nSPS) is 19.5. The highest BCUT2D eigenvalue weighted by atomic mass is 35.5. The van der Waals surface area contributed by atoms with Crippen LogP contribution in [0.4, 0.5) is 10.1 Å². The molecule has 4 nitrogen and oxygen atoms in total. The second-order valence-corrected chi connectivity index (χ2v) is 5.75. The van der Waals surface area contributed by atoms with E-state index in [0.29, 0.717) is 5.69 Å². The lowest BCUT2D eigenvalue weighted by Gasteiger charge is -2.34. The summed E-state index contributed by atoms with van der Waals surface area (Å²) in [5, 5.41) is 2.26. The summed E-state index contributed by atoms with van der Waals surface area (Å²) in [6.45, 7) is 3.52. The van der Waals surface area contributed by atoms with E-state index < -0.39 is 11.9 Å². The molecule has 0 bridgehead atoms. The Morgan fingerprint density at radius 2 is 1.85 bits per heavy atom. The van der Waals surface area contributed by atoms with Gasteiger partial charge in [-0.2, -0.15) is 0 Å². The lowest BCUT2D eigenvalue weighted by atomic mass is 10.0. The number of nitrogens with zero attached hydrogens (tertiary/aromatic N) is 1. The van der Waals surface area contributed by atoms with Gasteiger partial charge in [0, 0.05) is 5.69 Å². The summed E-state index contributed by atoms with van der Waals surface area (Å²) in [7, 11) is 0. The van der Waals surface area contributed by atoms with Gasteiger partial charge in [-0.05, 0) is 18.1 Å². The van der Waals surface area contributed by atoms with Gasteiger partial charge >= 0.3 is 0 Å². The highest BCUT2D eigenvalue weighted by Crippen LogP contribution is 2.30. The van der Waals surface area contributed by atoms with Gasteiger partial charge in [-0.3, -0.25) is 9.59 Å². The third-order valence-corrected chi connectivity index (χ3v) is 3.65. The smallest absolute Gasteiger partial charge is 0.250 e. The third-order valence-electron chi connectivity index (χ3n) is 3.10. The molecule has 1 fully saturated rings. The van der Waals surface area contributed by atoms with Crippen LogP contribution >= 0.6 is 23.2 Å². The maximum Gasteiger partial charge on any atom is 0.250 e. The van der Waals surface area contributed by atoms with E-state index in [9.17, 15) is 14.0 Å². The third kappa shape index (κ3) is 2.74. The number of benzene rings is 1. The van der Waals surface area contributed by atoms with Crippen molar-refractivity contribution in [1.29, 1.82) is 0 Å². The molecule has 2 amide bonds. The summed E-state index contributed by atoms with van der Waals surface area (Å²) < 4.78 is 13.4. The first-order valence-corrected chi connectivity index (χ1v) is 6.82. The van der Waals surface area contributed by atoms with Crippen LogP contribution in [0.3, 0.4) is 0 Å². The van der Waals surface area contributed by atoms with Crippen molar-refractivity contribution in [1.82, 2.24) is 5.32 Å². The molecule has 1 unspecified atom stereocenters. The number of hydrogen-bond donors (Lipinski definition) is 1. The Kier molecular flexibility index (Phi) is 4.20. The summed E-state index contributed by atoms with van der Waals surface area (Å²) in [4.78, 5) is 25.3. The summed E-state index contributed by atoms with van der Waals surface area (Å²) in [6.07, 6.45) is 0. The van der Waals surface area contributed by atoms with E-state index in [2.05, 4.69) is 5.32 Å². The van der Waals surface area contributed by atoms with E-state index in [1.54, 1.807) is 0 Å². The van der Waals surface area contributed by atoms with E-state index in [0.717, 1.165) is 0 Å². The van der Waals surface area contributed by atoms with Crippen LogP contribution in [0.2, 0.25) is 10.0 Å². The molecular formula is C13H13Cl2FN2O2. The fraction of sp³-hybridized carbons (Fsp3) is 0.385. The molecule has 1 aliphatic rings. The molecule has 1 aromatic rings. The summed E-state index contributed by atoms with van der Waals surface area (Å²) in [5.74, 6) is -1.34. The van der Waals surface area contributed by atoms with Gasteiger partial charge in [0.2, 0.25) is 11.8 Å². The Balaban J connectivity index is 2.40. The van der Waals surface area contributed by atoms with Gasteiger partial charge in [-0.1, -0.05) is 37.0 Å². The van der Waals surface area contributed by atoms with Gasteiger partial charge in [0.05, 0.1) is 10.0 Å². The minimum Gasteiger partial charge on any atom is -0.342 e. The van der Waals surface area contributed by atoms with Crippen LogP contribution in [-0.2, 0) is 9.59 Å². The summed E-state index contributed by atoms with van der Waals surface area (Å²) in [5.41, 5.74) is 0.312. The van der Waals surface area contributed by atoms with Crippen LogP contribution in [0.15, 0.2) is 12.1 Å². The van der Waals surface area contributed by atoms with Gasteiger partial charge in [0.25, 0.3) is 0 Å². The van der Waals surface area contributed by atoms with Gasteiger partial charge in [0.1, 0.15) is 12.6 Å². The topological polar surface area (TPSA) is 49.4 Å². The zero-order valence-electron chi connectivity index (χ0n) is 10.9. The Bertz CT molecular complexity index is 554. The van der Waals surface area contributed by atoms with Crippen molar-refractivity contribution in [2.24, 2.45) is 5.92 Å². The Labute approximate surface area is 125 Å². The average Bonchev–Trinajstić information content (AvgIpc) is 2.37. The highest BCUT2D eigenvalue weighted by molar-refractivity contribution is 6.35. The molecule has 1 saturated heterocycles. The lowest BCUT2D eigenvalue weighted by molar-refractivity contribution is -0.132. The number of carbonyl (C=O) groups excluding carboxylic acids is 2. The maximum absolute atomic E-state index is 13.4. The second-order valence-electron chi connectivity index (χ2n) is 4.94. The van der Waals surface area contributed by atoms with Crippen molar-refractivity contribution in [3.63, 3.8) is 0 Å². The van der Waals surface area contributed by atoms with Crippen molar-refractivity contribution < 1.29 is 14.0 Å². The molecule has 20 heavy (non-hydrogen) atoms. The van der Waals surface area contributed by atoms with Gasteiger partial charge in [-0.15, -0.1) is 0 Å². The van der Waals surface area contributed by atoms with Crippen molar-refractivity contribution in [2.75, 3.05) is 11.4 Å². The van der Waals surface area contributed by atoms with Crippen molar-refractivity contribution >= 4 is 40.7 Å². The van der Waals surface area contributed by atoms with Gasteiger partial charge in [0.15, 0.2) is 5.82 Å². The molecule has 0 radical (unpaired) electrons. The molecule has 1 aromatic carbocycles. The number of amides is 2. The molecule has 0 aliphatic carbocycles. The zero-order valence-corrected chi connectivity index (χ0v) is 12.4. The highest BCUT2D eigenvalue weighted by Gasteiger charge is 2.35. The molecular weight excluding hydrogens is 306 g/mol. The number of hydrogen-bond acceptors (Lipinski definition) is 2. The lowest BCUT2D eigenvalue weighted by Crippen LogP contribution is -2.60. The summed E-state index contributed by atoms with van der Waals surface area (Å²) in [6, 6.07) is 1.96. The number of halogens is 3. The predicted octanol–water partition coefficient (Wildman–Crippen LogP) is 2.62. The van der Waals surface area contributed by atoms with E-state index >= 15 is 0 Å². The molecule has 1 N–H and O–H groups in total. The Morgan fingerprint density at radius 1 is 1.30 bits per heavy atom. The molecule has 0 aromatic heterocycles. The zero-order chi connectivity index (χ0) is 15.0. The van der Waals surface area contributed by atoms with Crippen LogP contribution in [-0.4, -0.2) is 24.4 Å². The van der Waals surface area contributed by atoms with Gasteiger partial charge < -0.3 is 10.2 Å². The minimum atomic E-state index is -0.744. The maximum atomic E-state index is 13.4. The van der Waals surface area contributed by atoms with E-state index in [-0.39, 0.29) is 34.3 Å².